The molecule has 0 atom stereocenters. The quantitative estimate of drug-likeness (QED) is 0.721. The number of methoxy groups -OCH3 is 1. The van der Waals surface area contributed by atoms with Crippen LogP contribution >= 0.6 is 0 Å². The number of nitrogens with zero attached hydrogens (tertiary/aromatic N) is 1. The lowest BCUT2D eigenvalue weighted by molar-refractivity contribution is -0.140. The maximum Gasteiger partial charge on any atom is 0.305 e. The summed E-state index contributed by atoms with van der Waals surface area (Å²) in [6.45, 7) is 6.15. The van der Waals surface area contributed by atoms with Gasteiger partial charge in [0.25, 0.3) is 0 Å². The van der Waals surface area contributed by atoms with Crippen LogP contribution < -0.4 is 16.0 Å². The van der Waals surface area contributed by atoms with E-state index in [4.69, 9.17) is 4.74 Å². The number of benzene rings is 2. The van der Waals surface area contributed by atoms with Crippen LogP contribution in [0, 0.1) is 0 Å². The highest BCUT2D eigenvalue weighted by molar-refractivity contribution is 5.81. The summed E-state index contributed by atoms with van der Waals surface area (Å²) in [4.78, 5) is 11.5. The van der Waals surface area contributed by atoms with Crippen LogP contribution in [0.15, 0.2) is 36.4 Å². The van der Waals surface area contributed by atoms with Crippen LogP contribution in [0.4, 0.5) is 17.1 Å². The first kappa shape index (κ1) is 17.9. The van der Waals surface area contributed by atoms with Crippen LogP contribution in [-0.4, -0.2) is 18.2 Å². The molecule has 0 fully saturated rings. The number of hydrazine groups is 2. The molecule has 3 rings (SSSR count). The van der Waals surface area contributed by atoms with E-state index in [9.17, 15) is 9.90 Å². The lowest BCUT2D eigenvalue weighted by atomic mass is 9.84. The summed E-state index contributed by atoms with van der Waals surface area (Å²) in [5.41, 5.74) is 10.5. The van der Waals surface area contributed by atoms with Crippen molar-refractivity contribution < 1.29 is 14.6 Å². The molecule has 2 aromatic carbocycles. The molecular weight excluding hydrogens is 330 g/mol. The fourth-order valence-electron chi connectivity index (χ4n) is 2.98. The number of rotatable bonds is 4. The molecule has 1 aliphatic rings. The van der Waals surface area contributed by atoms with Crippen LogP contribution in [0.2, 0.25) is 0 Å². The zero-order chi connectivity index (χ0) is 18.9. The largest absolute Gasteiger partial charge is 0.505 e. The Morgan fingerprint density at radius 2 is 1.77 bits per heavy atom. The summed E-state index contributed by atoms with van der Waals surface area (Å²) in [6, 6.07) is 11.7. The summed E-state index contributed by atoms with van der Waals surface area (Å²) >= 11 is 0. The fourth-order valence-corrected chi connectivity index (χ4v) is 2.98. The van der Waals surface area contributed by atoms with Crippen molar-refractivity contribution in [3.05, 3.63) is 47.5 Å². The summed E-state index contributed by atoms with van der Waals surface area (Å²) in [7, 11) is 1.39. The third kappa shape index (κ3) is 3.54. The molecule has 0 unspecified atom stereocenters. The smallest absolute Gasteiger partial charge is 0.305 e. The van der Waals surface area contributed by atoms with Crippen molar-refractivity contribution in [3.63, 3.8) is 0 Å². The maximum atomic E-state index is 11.5. The molecule has 138 valence electrons. The van der Waals surface area contributed by atoms with Gasteiger partial charge in [-0.15, -0.1) is 0 Å². The van der Waals surface area contributed by atoms with E-state index in [1.54, 1.807) is 5.12 Å². The van der Waals surface area contributed by atoms with Crippen LogP contribution in [0.1, 0.15) is 38.3 Å². The number of carbonyl (C=O) groups excluding carboxylic acids is 1. The van der Waals surface area contributed by atoms with E-state index in [0.29, 0.717) is 18.5 Å². The highest BCUT2D eigenvalue weighted by atomic mass is 16.5. The Bertz CT molecular complexity index is 803. The average molecular weight is 355 g/mol. The molecule has 3 N–H and O–H groups in total. The maximum absolute atomic E-state index is 11.5. The minimum Gasteiger partial charge on any atom is -0.505 e. The minimum atomic E-state index is -0.248. The molecule has 0 spiro atoms. The van der Waals surface area contributed by atoms with Gasteiger partial charge in [0.05, 0.1) is 18.5 Å². The Balaban J connectivity index is 1.97. The predicted molar refractivity (Wildman–Crippen MR) is 103 cm³/mol. The highest BCUT2D eigenvalue weighted by Gasteiger charge is 2.26. The van der Waals surface area contributed by atoms with Crippen molar-refractivity contribution in [3.8, 4) is 5.75 Å². The van der Waals surface area contributed by atoms with E-state index in [1.807, 2.05) is 36.4 Å². The van der Waals surface area contributed by atoms with Gasteiger partial charge in [0.1, 0.15) is 11.4 Å². The van der Waals surface area contributed by atoms with Gasteiger partial charge in [-0.1, -0.05) is 39.0 Å². The minimum absolute atomic E-state index is 0.215. The third-order valence-electron chi connectivity index (χ3n) is 4.44. The van der Waals surface area contributed by atoms with E-state index < -0.39 is 0 Å². The summed E-state index contributed by atoms with van der Waals surface area (Å²) in [5, 5.41) is 12.6. The molecule has 1 aliphatic heterocycles. The number of anilines is 3. The fraction of sp³-hybridized carbons (Fsp3) is 0.350. The van der Waals surface area contributed by atoms with Gasteiger partial charge in [0.15, 0.2) is 0 Å². The van der Waals surface area contributed by atoms with E-state index in [2.05, 4.69) is 31.6 Å². The van der Waals surface area contributed by atoms with Gasteiger partial charge in [-0.3, -0.25) is 15.6 Å². The molecule has 6 heteroatoms. The van der Waals surface area contributed by atoms with Crippen molar-refractivity contribution in [2.45, 2.75) is 39.0 Å². The molecule has 1 heterocycles. The number of ether oxygens (including phenoxy) is 1. The number of hydrogen-bond acceptors (Lipinski definition) is 6. The van der Waals surface area contributed by atoms with Crippen molar-refractivity contribution in [1.29, 1.82) is 0 Å². The standard InChI is InChI=1S/C20H25N3O3/c1-20(2,3)14-11-13(9-10-18(24)26-4)12-17(19(14)25)23-21-15-7-5-6-8-16(15)22-23/h5-8,11-12,21-22,25H,9-10H2,1-4H3. The monoisotopic (exact) mass is 355 g/mol. The molecule has 0 radical (unpaired) electrons. The molecule has 26 heavy (non-hydrogen) atoms. The number of phenols is 1. The molecule has 2 aromatic rings. The first-order valence-electron chi connectivity index (χ1n) is 8.65. The number of hydrogen-bond donors (Lipinski definition) is 3. The second kappa shape index (κ2) is 6.78. The topological polar surface area (TPSA) is 73.8 Å². The summed E-state index contributed by atoms with van der Waals surface area (Å²) in [5.74, 6) is -0.0334. The van der Waals surface area contributed by atoms with Crippen LogP contribution in [0.5, 0.6) is 5.75 Å². The first-order chi connectivity index (χ1) is 12.3. The van der Waals surface area contributed by atoms with Crippen LogP contribution in [-0.2, 0) is 21.4 Å². The molecule has 0 saturated carbocycles. The molecule has 0 amide bonds. The Hall–Kier alpha value is -2.89. The Morgan fingerprint density at radius 1 is 1.15 bits per heavy atom. The van der Waals surface area contributed by atoms with Crippen molar-refractivity contribution in [2.75, 3.05) is 23.1 Å². The van der Waals surface area contributed by atoms with Gasteiger partial charge >= 0.3 is 5.97 Å². The molecular formula is C20H25N3O3. The van der Waals surface area contributed by atoms with E-state index >= 15 is 0 Å². The third-order valence-corrected chi connectivity index (χ3v) is 4.44. The molecule has 0 aliphatic carbocycles. The Kier molecular flexibility index (Phi) is 4.68. The number of phenolic OH excluding ortho intramolecular Hbond substituents is 1. The Morgan fingerprint density at radius 3 is 2.31 bits per heavy atom. The lowest BCUT2D eigenvalue weighted by Gasteiger charge is -2.27. The number of aryl methyl sites for hydroxylation is 1. The highest BCUT2D eigenvalue weighted by Crippen LogP contribution is 2.41. The van der Waals surface area contributed by atoms with Gasteiger partial charge in [-0.2, -0.15) is 5.12 Å². The number of nitrogens with one attached hydrogen (secondary N) is 2. The average Bonchev–Trinajstić information content (AvgIpc) is 3.03. The number of carbonyl (C=O) groups is 1. The Labute approximate surface area is 153 Å². The second-order valence-electron chi connectivity index (χ2n) is 7.44. The SMILES string of the molecule is COC(=O)CCc1cc(N2Nc3ccccc3N2)c(O)c(C(C)(C)C)c1. The van der Waals surface area contributed by atoms with Crippen molar-refractivity contribution >= 4 is 23.0 Å². The summed E-state index contributed by atoms with van der Waals surface area (Å²) < 4.78 is 4.74. The molecule has 0 bridgehead atoms. The first-order valence-corrected chi connectivity index (χ1v) is 8.65. The molecule has 0 aromatic heterocycles. The zero-order valence-electron chi connectivity index (χ0n) is 15.6. The van der Waals surface area contributed by atoms with E-state index in [1.165, 1.54) is 7.11 Å². The van der Waals surface area contributed by atoms with Crippen LogP contribution in [0.3, 0.4) is 0 Å². The number of esters is 1. The molecule has 0 saturated heterocycles. The normalized spacial score (nSPS) is 13.0. The number of para-hydroxylation sites is 2. The number of aromatic hydroxyl groups is 1. The van der Waals surface area contributed by atoms with Crippen molar-refractivity contribution in [1.82, 2.24) is 0 Å². The second-order valence-corrected chi connectivity index (χ2v) is 7.44. The zero-order valence-corrected chi connectivity index (χ0v) is 15.6. The van der Waals surface area contributed by atoms with Crippen molar-refractivity contribution in [2.24, 2.45) is 0 Å². The number of fused-ring (bicyclic) bond motifs is 1. The van der Waals surface area contributed by atoms with Crippen LogP contribution in [0.25, 0.3) is 0 Å². The van der Waals surface area contributed by atoms with Gasteiger partial charge < -0.3 is 9.84 Å². The lowest BCUT2D eigenvalue weighted by Crippen LogP contribution is -2.30. The molecule has 6 nitrogen and oxygen atoms in total. The van der Waals surface area contributed by atoms with Gasteiger partial charge in [0.2, 0.25) is 0 Å². The summed E-state index contributed by atoms with van der Waals surface area (Å²) in [6.07, 6.45) is 0.842. The van der Waals surface area contributed by atoms with Gasteiger partial charge in [-0.05, 0) is 35.6 Å². The van der Waals surface area contributed by atoms with Gasteiger partial charge in [-0.25, -0.2) is 0 Å². The van der Waals surface area contributed by atoms with Gasteiger partial charge in [0, 0.05) is 12.0 Å². The van der Waals surface area contributed by atoms with E-state index in [0.717, 1.165) is 22.5 Å². The van der Waals surface area contributed by atoms with E-state index in [-0.39, 0.29) is 17.1 Å². The predicted octanol–water partition coefficient (Wildman–Crippen LogP) is 3.97.